The van der Waals surface area contributed by atoms with Crippen LogP contribution in [-0.2, 0) is 9.53 Å². The summed E-state index contributed by atoms with van der Waals surface area (Å²) in [5, 5.41) is 5.27. The van der Waals surface area contributed by atoms with Crippen molar-refractivity contribution >= 4 is 11.8 Å². The van der Waals surface area contributed by atoms with Crippen LogP contribution in [-0.4, -0.2) is 45.3 Å². The summed E-state index contributed by atoms with van der Waals surface area (Å²) < 4.78 is 43.9. The maximum atomic E-state index is 14.0. The highest BCUT2D eigenvalue weighted by atomic mass is 19.1. The molecule has 0 spiro atoms. The summed E-state index contributed by atoms with van der Waals surface area (Å²) in [6, 6.07) is 6.95. The van der Waals surface area contributed by atoms with Gasteiger partial charge in [-0.15, -0.1) is 0 Å². The smallest absolute Gasteiger partial charge is 0.257 e. The molecule has 7 nitrogen and oxygen atoms in total. The van der Waals surface area contributed by atoms with E-state index >= 15 is 0 Å². The summed E-state index contributed by atoms with van der Waals surface area (Å²) in [5.41, 5.74) is 0.0195. The highest BCUT2D eigenvalue weighted by Gasteiger charge is 2.28. The molecule has 2 N–H and O–H groups in total. The van der Waals surface area contributed by atoms with Crippen LogP contribution in [0.5, 0.6) is 11.5 Å². The normalized spacial score (nSPS) is 12.7. The lowest BCUT2D eigenvalue weighted by atomic mass is 10.0. The fourth-order valence-corrected chi connectivity index (χ4v) is 3.16. The number of nitrogens with one attached hydrogen (secondary N) is 2. The van der Waals surface area contributed by atoms with Crippen LogP contribution in [0.15, 0.2) is 36.4 Å². The molecule has 0 bridgehead atoms. The Morgan fingerprint density at radius 3 is 2.18 bits per heavy atom. The van der Waals surface area contributed by atoms with E-state index in [1.54, 1.807) is 46.1 Å². The lowest BCUT2D eigenvalue weighted by Gasteiger charge is -2.25. The standard InChI is InChI=1S/C24H30F2N2O5/c1-14(2)22(28-23(29)21-17(25)7-6-8-18(21)26)24(30)27-15(3)16-9-10-19(20(13-16)32-5)33-12-11-31-4/h6-10,13-15,22H,11-12H2,1-5H3,(H,27,30)(H,28,29)/t15?,22-/m0/s1. The second-order valence-electron chi connectivity index (χ2n) is 7.77. The summed E-state index contributed by atoms with van der Waals surface area (Å²) >= 11 is 0. The number of ether oxygens (including phenoxy) is 3. The second-order valence-corrected chi connectivity index (χ2v) is 7.77. The van der Waals surface area contributed by atoms with Gasteiger partial charge in [-0.25, -0.2) is 8.78 Å². The molecule has 0 saturated carbocycles. The zero-order chi connectivity index (χ0) is 24.5. The quantitative estimate of drug-likeness (QED) is 0.496. The molecule has 0 aliphatic heterocycles. The highest BCUT2D eigenvalue weighted by molar-refractivity contribution is 5.98. The van der Waals surface area contributed by atoms with Crippen molar-refractivity contribution in [1.82, 2.24) is 10.6 Å². The van der Waals surface area contributed by atoms with Crippen molar-refractivity contribution in [2.24, 2.45) is 5.92 Å². The summed E-state index contributed by atoms with van der Waals surface area (Å²) in [5.74, 6) is -2.77. The SMILES string of the molecule is COCCOc1ccc(C(C)NC(=O)[C@@H](NC(=O)c2c(F)cccc2F)C(C)C)cc1OC. The van der Waals surface area contributed by atoms with Gasteiger partial charge in [0, 0.05) is 7.11 Å². The molecule has 0 heterocycles. The maximum Gasteiger partial charge on any atom is 0.257 e. The van der Waals surface area contributed by atoms with Gasteiger partial charge in [-0.05, 0) is 42.7 Å². The van der Waals surface area contributed by atoms with Crippen LogP contribution in [0.2, 0.25) is 0 Å². The number of hydrogen-bond donors (Lipinski definition) is 2. The average Bonchev–Trinajstić information content (AvgIpc) is 2.77. The molecule has 2 atom stereocenters. The third kappa shape index (κ3) is 6.89. The number of amides is 2. The molecule has 0 fully saturated rings. The van der Waals surface area contributed by atoms with E-state index in [1.807, 2.05) is 0 Å². The molecule has 9 heteroatoms. The fourth-order valence-electron chi connectivity index (χ4n) is 3.16. The third-order valence-corrected chi connectivity index (χ3v) is 5.02. The molecular formula is C24H30F2N2O5. The second kappa shape index (κ2) is 12.2. The number of halogens is 2. The predicted octanol–water partition coefficient (Wildman–Crippen LogP) is 3.63. The van der Waals surface area contributed by atoms with Crippen molar-refractivity contribution in [3.05, 3.63) is 59.2 Å². The Morgan fingerprint density at radius 2 is 1.61 bits per heavy atom. The zero-order valence-electron chi connectivity index (χ0n) is 19.4. The maximum absolute atomic E-state index is 14.0. The Bertz CT molecular complexity index is 948. The highest BCUT2D eigenvalue weighted by Crippen LogP contribution is 2.30. The Balaban J connectivity index is 2.12. The number of rotatable bonds is 11. The Labute approximate surface area is 192 Å². The molecule has 2 rings (SSSR count). The molecule has 0 saturated heterocycles. The van der Waals surface area contributed by atoms with Crippen molar-refractivity contribution in [2.45, 2.75) is 32.9 Å². The van der Waals surface area contributed by atoms with Gasteiger partial charge in [0.2, 0.25) is 5.91 Å². The van der Waals surface area contributed by atoms with Crippen molar-refractivity contribution < 1.29 is 32.6 Å². The number of carbonyl (C=O) groups excluding carboxylic acids is 2. The molecule has 1 unspecified atom stereocenters. The van der Waals surface area contributed by atoms with Gasteiger partial charge in [0.05, 0.1) is 19.8 Å². The summed E-state index contributed by atoms with van der Waals surface area (Å²) in [6.45, 7) is 6.01. The Morgan fingerprint density at radius 1 is 0.939 bits per heavy atom. The fraction of sp³-hybridized carbons (Fsp3) is 0.417. The van der Waals surface area contributed by atoms with E-state index in [0.717, 1.165) is 23.8 Å². The van der Waals surface area contributed by atoms with E-state index in [-0.39, 0.29) is 5.92 Å². The minimum atomic E-state index is -1.00. The first-order chi connectivity index (χ1) is 15.7. The van der Waals surface area contributed by atoms with Gasteiger partial charge in [-0.3, -0.25) is 9.59 Å². The van der Waals surface area contributed by atoms with Crippen LogP contribution in [0.25, 0.3) is 0 Å². The molecule has 0 aliphatic rings. The predicted molar refractivity (Wildman–Crippen MR) is 119 cm³/mol. The monoisotopic (exact) mass is 464 g/mol. The first-order valence-corrected chi connectivity index (χ1v) is 10.5. The van der Waals surface area contributed by atoms with Crippen molar-refractivity contribution in [2.75, 3.05) is 27.4 Å². The van der Waals surface area contributed by atoms with E-state index in [2.05, 4.69) is 10.6 Å². The van der Waals surface area contributed by atoms with Crippen LogP contribution in [0.1, 0.15) is 42.7 Å². The van der Waals surface area contributed by atoms with Crippen LogP contribution < -0.4 is 20.1 Å². The van der Waals surface area contributed by atoms with Gasteiger partial charge in [-0.1, -0.05) is 26.0 Å². The third-order valence-electron chi connectivity index (χ3n) is 5.02. The van der Waals surface area contributed by atoms with E-state index in [9.17, 15) is 18.4 Å². The number of methoxy groups -OCH3 is 2. The Hall–Kier alpha value is -3.20. The van der Waals surface area contributed by atoms with E-state index < -0.39 is 41.1 Å². The van der Waals surface area contributed by atoms with E-state index in [0.29, 0.717) is 24.7 Å². The van der Waals surface area contributed by atoms with Crippen LogP contribution in [0.4, 0.5) is 8.78 Å². The van der Waals surface area contributed by atoms with Gasteiger partial charge >= 0.3 is 0 Å². The van der Waals surface area contributed by atoms with Crippen LogP contribution in [0.3, 0.4) is 0 Å². The van der Waals surface area contributed by atoms with Crippen molar-refractivity contribution in [3.63, 3.8) is 0 Å². The summed E-state index contributed by atoms with van der Waals surface area (Å²) in [7, 11) is 3.09. The summed E-state index contributed by atoms with van der Waals surface area (Å²) in [6.07, 6.45) is 0. The largest absolute Gasteiger partial charge is 0.493 e. The average molecular weight is 465 g/mol. The van der Waals surface area contributed by atoms with Gasteiger partial charge in [0.1, 0.15) is 29.8 Å². The van der Waals surface area contributed by atoms with Crippen molar-refractivity contribution in [3.8, 4) is 11.5 Å². The molecule has 0 radical (unpaired) electrons. The molecular weight excluding hydrogens is 434 g/mol. The topological polar surface area (TPSA) is 85.9 Å². The number of hydrogen-bond acceptors (Lipinski definition) is 5. The molecule has 0 aromatic heterocycles. The van der Waals surface area contributed by atoms with Gasteiger partial charge in [0.25, 0.3) is 5.91 Å². The molecule has 2 aromatic rings. The summed E-state index contributed by atoms with van der Waals surface area (Å²) in [4.78, 5) is 25.4. The first kappa shape index (κ1) is 26.1. The molecule has 33 heavy (non-hydrogen) atoms. The van der Waals surface area contributed by atoms with Crippen LogP contribution >= 0.6 is 0 Å². The molecule has 180 valence electrons. The van der Waals surface area contributed by atoms with E-state index in [1.165, 1.54) is 7.11 Å². The zero-order valence-corrected chi connectivity index (χ0v) is 19.4. The van der Waals surface area contributed by atoms with Gasteiger partial charge in [0.15, 0.2) is 11.5 Å². The van der Waals surface area contributed by atoms with Gasteiger partial charge < -0.3 is 24.8 Å². The number of benzene rings is 2. The Kier molecular flexibility index (Phi) is 9.59. The first-order valence-electron chi connectivity index (χ1n) is 10.5. The van der Waals surface area contributed by atoms with Crippen molar-refractivity contribution in [1.29, 1.82) is 0 Å². The van der Waals surface area contributed by atoms with Crippen LogP contribution in [0, 0.1) is 17.6 Å². The minimum absolute atomic E-state index is 0.331. The van der Waals surface area contributed by atoms with Gasteiger partial charge in [-0.2, -0.15) is 0 Å². The minimum Gasteiger partial charge on any atom is -0.493 e. The number of carbonyl (C=O) groups is 2. The lowest BCUT2D eigenvalue weighted by molar-refractivity contribution is -0.124. The van der Waals surface area contributed by atoms with E-state index in [4.69, 9.17) is 14.2 Å². The molecule has 0 aliphatic carbocycles. The molecule has 2 aromatic carbocycles. The molecule has 2 amide bonds. The lowest BCUT2D eigenvalue weighted by Crippen LogP contribution is -2.50.